The molecule has 2 heterocycles. The second kappa shape index (κ2) is 2.06. The van der Waals surface area contributed by atoms with Crippen LogP contribution in [0.4, 0.5) is 0 Å². The van der Waals surface area contributed by atoms with Crippen LogP contribution in [0.2, 0.25) is 0 Å². The van der Waals surface area contributed by atoms with E-state index < -0.39 is 0 Å². The number of nitrogens with zero attached hydrogens (tertiary/aromatic N) is 1. The highest BCUT2D eigenvalue weighted by Crippen LogP contribution is 2.27. The smallest absolute Gasteiger partial charge is 0.123 e. The van der Waals surface area contributed by atoms with Gasteiger partial charge in [-0.1, -0.05) is 6.07 Å². The van der Waals surface area contributed by atoms with Gasteiger partial charge in [0, 0.05) is 5.69 Å². The largest absolute Gasteiger partial charge is 0.366 e. The molecule has 52 valence electrons. The lowest BCUT2D eigenvalue weighted by Gasteiger charge is -1.94. The van der Waals surface area contributed by atoms with Crippen LogP contribution in [0.25, 0.3) is 0 Å². The molecule has 0 aromatic carbocycles. The topological polar surface area (TPSA) is 25.4 Å². The average molecular weight is 135 g/mol. The first-order valence-corrected chi connectivity index (χ1v) is 3.41. The Bertz CT molecular complexity index is 243. The molecule has 1 aliphatic heterocycles. The number of pyridine rings is 1. The number of aryl methyl sites for hydroxylation is 1. The highest BCUT2D eigenvalue weighted by molar-refractivity contribution is 5.14. The molecule has 1 atom stereocenters. The molecule has 1 fully saturated rings. The first-order valence-electron chi connectivity index (χ1n) is 3.41. The minimum Gasteiger partial charge on any atom is -0.366 e. The Balaban J connectivity index is 2.32. The fraction of sp³-hybridized carbons (Fsp3) is 0.375. The summed E-state index contributed by atoms with van der Waals surface area (Å²) in [5, 5.41) is 0. The van der Waals surface area contributed by atoms with Crippen LogP contribution in [0.15, 0.2) is 18.2 Å². The zero-order chi connectivity index (χ0) is 6.97. The molecule has 0 saturated carbocycles. The second-order valence-electron chi connectivity index (χ2n) is 2.53. The SMILES string of the molecule is Cc1cccc(C2CO2)n1. The summed E-state index contributed by atoms with van der Waals surface area (Å²) in [6.45, 7) is 2.84. The van der Waals surface area contributed by atoms with Gasteiger partial charge >= 0.3 is 0 Å². The molecular formula is C8H9NO. The fourth-order valence-electron chi connectivity index (χ4n) is 0.962. The Morgan fingerprint density at radius 2 is 2.40 bits per heavy atom. The molecule has 0 aliphatic carbocycles. The van der Waals surface area contributed by atoms with E-state index in [4.69, 9.17) is 4.74 Å². The zero-order valence-corrected chi connectivity index (χ0v) is 5.87. The molecule has 0 bridgehead atoms. The molecule has 0 spiro atoms. The summed E-state index contributed by atoms with van der Waals surface area (Å²) in [4.78, 5) is 4.31. The predicted octanol–water partition coefficient (Wildman–Crippen LogP) is 1.46. The third-order valence-corrected chi connectivity index (χ3v) is 1.57. The molecule has 1 aliphatic rings. The van der Waals surface area contributed by atoms with Gasteiger partial charge in [0.1, 0.15) is 6.10 Å². The molecule has 0 N–H and O–H groups in total. The third kappa shape index (κ3) is 1.02. The van der Waals surface area contributed by atoms with Crippen LogP contribution < -0.4 is 0 Å². The van der Waals surface area contributed by atoms with Crippen molar-refractivity contribution < 1.29 is 4.74 Å². The van der Waals surface area contributed by atoms with Gasteiger partial charge in [0.25, 0.3) is 0 Å². The highest BCUT2D eigenvalue weighted by Gasteiger charge is 2.25. The van der Waals surface area contributed by atoms with E-state index in [2.05, 4.69) is 4.98 Å². The van der Waals surface area contributed by atoms with Crippen molar-refractivity contribution in [1.29, 1.82) is 0 Å². The first-order chi connectivity index (χ1) is 4.86. The minimum atomic E-state index is 0.292. The van der Waals surface area contributed by atoms with E-state index in [9.17, 15) is 0 Å². The molecule has 10 heavy (non-hydrogen) atoms. The molecule has 1 aromatic rings. The summed E-state index contributed by atoms with van der Waals surface area (Å²) in [5.74, 6) is 0. The van der Waals surface area contributed by atoms with Gasteiger partial charge in [-0.25, -0.2) is 0 Å². The summed E-state index contributed by atoms with van der Waals surface area (Å²) < 4.78 is 5.09. The summed E-state index contributed by atoms with van der Waals surface area (Å²) in [7, 11) is 0. The van der Waals surface area contributed by atoms with E-state index in [0.29, 0.717) is 6.10 Å². The Kier molecular flexibility index (Phi) is 1.21. The molecule has 2 rings (SSSR count). The minimum absolute atomic E-state index is 0.292. The zero-order valence-electron chi connectivity index (χ0n) is 5.87. The Morgan fingerprint density at radius 1 is 1.60 bits per heavy atom. The van der Waals surface area contributed by atoms with E-state index in [1.54, 1.807) is 0 Å². The van der Waals surface area contributed by atoms with Gasteiger partial charge in [0.15, 0.2) is 0 Å². The molecule has 0 radical (unpaired) electrons. The quantitative estimate of drug-likeness (QED) is 0.545. The van der Waals surface area contributed by atoms with Crippen molar-refractivity contribution >= 4 is 0 Å². The summed E-state index contributed by atoms with van der Waals surface area (Å²) in [6.07, 6.45) is 0.292. The maximum absolute atomic E-state index is 5.09. The molecule has 0 amide bonds. The number of hydrogen-bond donors (Lipinski definition) is 0. The standard InChI is InChI=1S/C8H9NO/c1-6-3-2-4-7(9-6)8-5-10-8/h2-4,8H,5H2,1H3. The summed E-state index contributed by atoms with van der Waals surface area (Å²) >= 11 is 0. The lowest BCUT2D eigenvalue weighted by Crippen LogP contribution is -1.87. The van der Waals surface area contributed by atoms with Crippen LogP contribution in [0.5, 0.6) is 0 Å². The van der Waals surface area contributed by atoms with E-state index in [1.807, 2.05) is 25.1 Å². The molecule has 1 aromatic heterocycles. The van der Waals surface area contributed by atoms with E-state index in [1.165, 1.54) is 0 Å². The molecule has 2 heteroatoms. The van der Waals surface area contributed by atoms with Gasteiger partial charge in [-0.3, -0.25) is 4.98 Å². The lowest BCUT2D eigenvalue weighted by molar-refractivity contribution is 0.411. The van der Waals surface area contributed by atoms with Crippen molar-refractivity contribution in [2.24, 2.45) is 0 Å². The van der Waals surface area contributed by atoms with E-state index in [0.717, 1.165) is 18.0 Å². The number of aromatic nitrogens is 1. The van der Waals surface area contributed by atoms with Gasteiger partial charge in [0.05, 0.1) is 12.3 Å². The number of rotatable bonds is 1. The Hall–Kier alpha value is -0.890. The Morgan fingerprint density at radius 3 is 3.00 bits per heavy atom. The normalized spacial score (nSPS) is 22.7. The summed E-state index contributed by atoms with van der Waals surface area (Å²) in [5.41, 5.74) is 2.13. The van der Waals surface area contributed by atoms with Gasteiger partial charge in [-0.15, -0.1) is 0 Å². The van der Waals surface area contributed by atoms with Crippen LogP contribution in [0.3, 0.4) is 0 Å². The molecule has 1 saturated heterocycles. The van der Waals surface area contributed by atoms with Crippen LogP contribution in [0.1, 0.15) is 17.5 Å². The van der Waals surface area contributed by atoms with Gasteiger partial charge in [-0.2, -0.15) is 0 Å². The molecule has 1 unspecified atom stereocenters. The maximum Gasteiger partial charge on any atom is 0.123 e. The third-order valence-electron chi connectivity index (χ3n) is 1.57. The predicted molar refractivity (Wildman–Crippen MR) is 37.7 cm³/mol. The van der Waals surface area contributed by atoms with Crippen molar-refractivity contribution in [3.63, 3.8) is 0 Å². The van der Waals surface area contributed by atoms with Gasteiger partial charge in [-0.05, 0) is 19.1 Å². The van der Waals surface area contributed by atoms with Gasteiger partial charge < -0.3 is 4.74 Å². The average Bonchev–Trinajstić information content (AvgIpc) is 2.68. The van der Waals surface area contributed by atoms with Crippen molar-refractivity contribution in [3.8, 4) is 0 Å². The summed E-state index contributed by atoms with van der Waals surface area (Å²) in [6, 6.07) is 6.01. The Labute approximate surface area is 59.9 Å². The first kappa shape index (κ1) is 5.86. The van der Waals surface area contributed by atoms with Crippen LogP contribution in [-0.4, -0.2) is 11.6 Å². The van der Waals surface area contributed by atoms with E-state index in [-0.39, 0.29) is 0 Å². The number of ether oxygens (including phenoxy) is 1. The van der Waals surface area contributed by atoms with Crippen molar-refractivity contribution in [3.05, 3.63) is 29.6 Å². The van der Waals surface area contributed by atoms with Crippen LogP contribution in [-0.2, 0) is 4.74 Å². The molecule has 2 nitrogen and oxygen atoms in total. The van der Waals surface area contributed by atoms with Gasteiger partial charge in [0.2, 0.25) is 0 Å². The van der Waals surface area contributed by atoms with Crippen LogP contribution in [0, 0.1) is 6.92 Å². The monoisotopic (exact) mass is 135 g/mol. The van der Waals surface area contributed by atoms with Crippen molar-refractivity contribution in [2.75, 3.05) is 6.61 Å². The lowest BCUT2D eigenvalue weighted by atomic mass is 10.2. The van der Waals surface area contributed by atoms with Crippen molar-refractivity contribution in [1.82, 2.24) is 4.98 Å². The highest BCUT2D eigenvalue weighted by atomic mass is 16.6. The number of epoxide rings is 1. The van der Waals surface area contributed by atoms with Crippen molar-refractivity contribution in [2.45, 2.75) is 13.0 Å². The number of hydrogen-bond acceptors (Lipinski definition) is 2. The second-order valence-corrected chi connectivity index (χ2v) is 2.53. The molecular weight excluding hydrogens is 126 g/mol. The fourth-order valence-corrected chi connectivity index (χ4v) is 0.962. The van der Waals surface area contributed by atoms with E-state index >= 15 is 0 Å². The van der Waals surface area contributed by atoms with Crippen LogP contribution >= 0.6 is 0 Å². The maximum atomic E-state index is 5.09.